The molecule has 2 N–H and O–H groups in total. The summed E-state index contributed by atoms with van der Waals surface area (Å²) in [5, 5.41) is 14.3. The number of alkyl halides is 1. The number of rotatable bonds is 10. The standard InChI is InChI=1S/C25H21FN2O8S/c1-35-25(34)19-16(10-26)27-17(18(24(32)33)20(19)21-13(11-29)6-9-37-21)12-36-8-7-28-22(30)14-4-2-3-5-15(14)23(28)31/h2-6,9,11,20,27H,7-8,10,12H2,1H3,(H,32,33). The first-order valence-electron chi connectivity index (χ1n) is 11.0. The first kappa shape index (κ1) is 25.9. The van der Waals surface area contributed by atoms with Gasteiger partial charge in [-0.15, -0.1) is 11.3 Å². The van der Waals surface area contributed by atoms with Gasteiger partial charge in [0.1, 0.15) is 6.67 Å². The molecule has 0 bridgehead atoms. The average Bonchev–Trinajstić information content (AvgIpc) is 3.48. The minimum atomic E-state index is -1.42. The van der Waals surface area contributed by atoms with E-state index in [9.17, 15) is 33.5 Å². The van der Waals surface area contributed by atoms with Gasteiger partial charge >= 0.3 is 11.9 Å². The summed E-state index contributed by atoms with van der Waals surface area (Å²) in [5.41, 5.74) is -0.102. The molecule has 2 aliphatic heterocycles. The SMILES string of the molecule is COC(=O)C1=C(CF)NC(COCCN2C(=O)c3ccccc3C2=O)=C(C(=O)O)C1c1sccc1C=O. The van der Waals surface area contributed by atoms with Crippen LogP contribution in [0.4, 0.5) is 4.39 Å². The fourth-order valence-corrected chi connectivity index (χ4v) is 5.32. The molecule has 0 saturated carbocycles. The monoisotopic (exact) mass is 528 g/mol. The number of dihydropyridines is 1. The van der Waals surface area contributed by atoms with E-state index in [1.807, 2.05) is 0 Å². The summed E-state index contributed by atoms with van der Waals surface area (Å²) in [5.74, 6) is -4.57. The second kappa shape index (κ2) is 10.8. The molecular weight excluding hydrogens is 507 g/mol. The molecule has 37 heavy (non-hydrogen) atoms. The third kappa shape index (κ3) is 4.68. The van der Waals surface area contributed by atoms with E-state index in [1.165, 1.54) is 6.07 Å². The molecule has 0 fully saturated rings. The number of ether oxygens (including phenoxy) is 2. The quantitative estimate of drug-likeness (QED) is 0.206. The highest BCUT2D eigenvalue weighted by Gasteiger charge is 2.41. The fourth-order valence-electron chi connectivity index (χ4n) is 4.33. The second-order valence-corrected chi connectivity index (χ2v) is 8.94. The largest absolute Gasteiger partial charge is 0.478 e. The molecule has 3 heterocycles. The molecule has 0 spiro atoms. The lowest BCUT2D eigenvalue weighted by Gasteiger charge is -2.30. The maximum Gasteiger partial charge on any atom is 0.336 e. The number of fused-ring (bicyclic) bond motifs is 1. The van der Waals surface area contributed by atoms with Crippen LogP contribution in [0, 0.1) is 0 Å². The number of methoxy groups -OCH3 is 1. The number of thiophene rings is 1. The average molecular weight is 529 g/mol. The Kier molecular flexibility index (Phi) is 7.60. The van der Waals surface area contributed by atoms with Crippen LogP contribution in [0.3, 0.4) is 0 Å². The Labute approximate surface area is 214 Å². The Hall–Kier alpha value is -4.16. The van der Waals surface area contributed by atoms with Gasteiger partial charge in [-0.05, 0) is 23.6 Å². The van der Waals surface area contributed by atoms with E-state index in [2.05, 4.69) is 5.32 Å². The maximum atomic E-state index is 14.0. The molecule has 12 heteroatoms. The number of carboxylic acids is 1. The molecule has 2 aliphatic rings. The van der Waals surface area contributed by atoms with Gasteiger partial charge < -0.3 is 19.9 Å². The molecule has 2 aromatic rings. The lowest BCUT2D eigenvalue weighted by Crippen LogP contribution is -2.36. The van der Waals surface area contributed by atoms with Crippen LogP contribution in [0.2, 0.25) is 0 Å². The summed E-state index contributed by atoms with van der Waals surface area (Å²) in [6.45, 7) is -1.73. The number of amides is 2. The van der Waals surface area contributed by atoms with Gasteiger partial charge in [-0.2, -0.15) is 0 Å². The molecule has 0 aliphatic carbocycles. The minimum Gasteiger partial charge on any atom is -0.478 e. The molecule has 10 nitrogen and oxygen atoms in total. The van der Waals surface area contributed by atoms with E-state index in [-0.39, 0.29) is 63.9 Å². The molecule has 0 saturated heterocycles. The summed E-state index contributed by atoms with van der Waals surface area (Å²) in [7, 11) is 1.08. The number of nitrogens with one attached hydrogen (secondary N) is 1. The smallest absolute Gasteiger partial charge is 0.336 e. The number of esters is 1. The molecule has 1 aromatic heterocycles. The topological polar surface area (TPSA) is 139 Å². The van der Waals surface area contributed by atoms with Crippen molar-refractivity contribution >= 4 is 41.4 Å². The van der Waals surface area contributed by atoms with E-state index in [0.717, 1.165) is 23.3 Å². The fraction of sp³-hybridized carbons (Fsp3) is 0.240. The Balaban J connectivity index is 1.59. The molecular formula is C25H21FN2O8S. The Bertz CT molecular complexity index is 1330. The van der Waals surface area contributed by atoms with Crippen molar-refractivity contribution in [1.82, 2.24) is 10.2 Å². The number of carbonyl (C=O) groups excluding carboxylic acids is 4. The van der Waals surface area contributed by atoms with Gasteiger partial charge in [0, 0.05) is 10.4 Å². The van der Waals surface area contributed by atoms with Crippen molar-refractivity contribution < 1.29 is 42.9 Å². The Morgan fingerprint density at radius 2 is 1.81 bits per heavy atom. The summed E-state index contributed by atoms with van der Waals surface area (Å²) < 4.78 is 24.4. The molecule has 0 radical (unpaired) electrons. The number of imide groups is 1. The first-order chi connectivity index (χ1) is 17.8. The molecule has 192 valence electrons. The lowest BCUT2D eigenvalue weighted by atomic mass is 9.83. The van der Waals surface area contributed by atoms with Crippen molar-refractivity contribution in [1.29, 1.82) is 0 Å². The number of hydrogen-bond donors (Lipinski definition) is 2. The molecule has 1 unspecified atom stereocenters. The first-order valence-corrected chi connectivity index (χ1v) is 11.9. The third-order valence-electron chi connectivity index (χ3n) is 6.00. The van der Waals surface area contributed by atoms with Crippen molar-refractivity contribution in [3.63, 3.8) is 0 Å². The number of benzene rings is 1. The van der Waals surface area contributed by atoms with Crippen molar-refractivity contribution in [3.8, 4) is 0 Å². The van der Waals surface area contributed by atoms with E-state index in [4.69, 9.17) is 9.47 Å². The molecule has 2 amide bonds. The van der Waals surface area contributed by atoms with Crippen LogP contribution in [-0.4, -0.2) is 73.6 Å². The Morgan fingerprint density at radius 3 is 2.38 bits per heavy atom. The minimum absolute atomic E-state index is 0.0367. The molecule has 4 rings (SSSR count). The number of aldehydes is 1. The van der Waals surface area contributed by atoms with E-state index in [0.29, 0.717) is 6.29 Å². The highest BCUT2D eigenvalue weighted by Crippen LogP contribution is 2.42. The van der Waals surface area contributed by atoms with Gasteiger partial charge in [-0.3, -0.25) is 19.3 Å². The molecule has 1 aromatic carbocycles. The number of hydrogen-bond acceptors (Lipinski definition) is 9. The summed E-state index contributed by atoms with van der Waals surface area (Å²) in [6.07, 6.45) is 0.523. The van der Waals surface area contributed by atoms with Gasteiger partial charge in [-0.25, -0.2) is 14.0 Å². The molecule has 1 atom stereocenters. The van der Waals surface area contributed by atoms with Crippen molar-refractivity contribution in [2.24, 2.45) is 0 Å². The van der Waals surface area contributed by atoms with E-state index < -0.39 is 36.3 Å². The lowest BCUT2D eigenvalue weighted by molar-refractivity contribution is -0.136. The highest BCUT2D eigenvalue weighted by atomic mass is 32.1. The normalized spacial score (nSPS) is 17.1. The zero-order chi connectivity index (χ0) is 26.7. The summed E-state index contributed by atoms with van der Waals surface area (Å²) >= 11 is 1.04. The number of carbonyl (C=O) groups is 5. The predicted molar refractivity (Wildman–Crippen MR) is 128 cm³/mol. The third-order valence-corrected chi connectivity index (χ3v) is 7.00. The number of nitrogens with zero attached hydrogens (tertiary/aromatic N) is 1. The van der Waals surface area contributed by atoms with Gasteiger partial charge in [-0.1, -0.05) is 12.1 Å². The van der Waals surface area contributed by atoms with Crippen LogP contribution in [0.1, 0.15) is 41.9 Å². The van der Waals surface area contributed by atoms with Gasteiger partial charge in [0.05, 0.1) is 66.5 Å². The van der Waals surface area contributed by atoms with Crippen LogP contribution in [0.15, 0.2) is 58.3 Å². The number of allylic oxidation sites excluding steroid dienone is 1. The number of aliphatic carboxylic acids is 1. The summed E-state index contributed by atoms with van der Waals surface area (Å²) in [4.78, 5) is 62.9. The van der Waals surface area contributed by atoms with Crippen LogP contribution < -0.4 is 5.32 Å². The second-order valence-electron chi connectivity index (χ2n) is 7.99. The van der Waals surface area contributed by atoms with Crippen LogP contribution >= 0.6 is 11.3 Å². The van der Waals surface area contributed by atoms with Crippen LogP contribution in [0.25, 0.3) is 0 Å². The van der Waals surface area contributed by atoms with Crippen molar-refractivity contribution in [3.05, 3.63) is 79.8 Å². The van der Waals surface area contributed by atoms with Gasteiger partial charge in [0.15, 0.2) is 6.29 Å². The van der Waals surface area contributed by atoms with Crippen LogP contribution in [0.5, 0.6) is 0 Å². The van der Waals surface area contributed by atoms with Crippen molar-refractivity contribution in [2.45, 2.75) is 5.92 Å². The zero-order valence-electron chi connectivity index (χ0n) is 19.5. The Morgan fingerprint density at radius 1 is 1.14 bits per heavy atom. The number of carboxylic acid groups (broad SMARTS) is 1. The van der Waals surface area contributed by atoms with E-state index in [1.54, 1.807) is 29.6 Å². The summed E-state index contributed by atoms with van der Waals surface area (Å²) in [6, 6.07) is 7.87. The van der Waals surface area contributed by atoms with E-state index >= 15 is 0 Å². The van der Waals surface area contributed by atoms with Gasteiger partial charge in [0.25, 0.3) is 11.8 Å². The van der Waals surface area contributed by atoms with Crippen molar-refractivity contribution in [2.75, 3.05) is 33.5 Å². The number of halogens is 1. The maximum absolute atomic E-state index is 14.0. The zero-order valence-corrected chi connectivity index (χ0v) is 20.3. The predicted octanol–water partition coefficient (Wildman–Crippen LogP) is 2.30. The van der Waals surface area contributed by atoms with Gasteiger partial charge in [0.2, 0.25) is 0 Å². The highest BCUT2D eigenvalue weighted by molar-refractivity contribution is 7.10. The van der Waals surface area contributed by atoms with Crippen LogP contribution in [-0.2, 0) is 19.1 Å².